The van der Waals surface area contributed by atoms with Crippen LogP contribution in [0, 0.1) is 0 Å². The molecule has 0 atom stereocenters. The van der Waals surface area contributed by atoms with E-state index >= 15 is 0 Å². The van der Waals surface area contributed by atoms with Crippen LogP contribution in [0.2, 0.25) is 15.1 Å². The van der Waals surface area contributed by atoms with Crippen LogP contribution in [0.15, 0.2) is 36.4 Å². The lowest BCUT2D eigenvalue weighted by Gasteiger charge is -2.11. The Morgan fingerprint density at radius 2 is 1.59 bits per heavy atom. The lowest BCUT2D eigenvalue weighted by molar-refractivity contribution is 1.40. The fourth-order valence-corrected chi connectivity index (χ4v) is 2.64. The zero-order chi connectivity index (χ0) is 12.4. The van der Waals surface area contributed by atoms with Crippen LogP contribution in [0.4, 0.5) is 0 Å². The predicted octanol–water partition coefficient (Wildman–Crippen LogP) is 6.05. The predicted molar refractivity (Wildman–Crippen MR) is 76.5 cm³/mol. The van der Waals surface area contributed by atoms with Crippen molar-refractivity contribution in [2.45, 2.75) is 5.88 Å². The molecule has 0 nitrogen and oxygen atoms in total. The summed E-state index contributed by atoms with van der Waals surface area (Å²) >= 11 is 24.2. The first kappa shape index (κ1) is 13.0. The van der Waals surface area contributed by atoms with E-state index in [0.29, 0.717) is 20.9 Å². The summed E-state index contributed by atoms with van der Waals surface area (Å²) in [5, 5.41) is 1.89. The minimum absolute atomic E-state index is 0.331. The van der Waals surface area contributed by atoms with Crippen LogP contribution < -0.4 is 0 Å². The van der Waals surface area contributed by atoms with E-state index in [0.717, 1.165) is 16.7 Å². The second-order valence-corrected chi connectivity index (χ2v) is 5.04. The molecule has 0 N–H and O–H groups in total. The van der Waals surface area contributed by atoms with Crippen molar-refractivity contribution in [2.75, 3.05) is 0 Å². The van der Waals surface area contributed by atoms with Gasteiger partial charge in [0.25, 0.3) is 0 Å². The third-order valence-electron chi connectivity index (χ3n) is 2.47. The van der Waals surface area contributed by atoms with Gasteiger partial charge in [0.15, 0.2) is 0 Å². The average molecular weight is 306 g/mol. The van der Waals surface area contributed by atoms with Crippen LogP contribution in [0.1, 0.15) is 5.56 Å². The molecule has 0 amide bonds. The SMILES string of the molecule is ClCc1c(Cl)cccc1-c1cc(Cl)ccc1Cl. The largest absolute Gasteiger partial charge is 0.121 e. The van der Waals surface area contributed by atoms with Crippen LogP contribution in [-0.2, 0) is 5.88 Å². The Hall–Kier alpha value is -0.400. The van der Waals surface area contributed by atoms with Gasteiger partial charge in [-0.25, -0.2) is 0 Å². The van der Waals surface area contributed by atoms with E-state index in [2.05, 4.69) is 0 Å². The molecule has 0 aliphatic rings. The molecular formula is C13H8Cl4. The third kappa shape index (κ3) is 2.71. The van der Waals surface area contributed by atoms with Crippen LogP contribution in [0.25, 0.3) is 11.1 Å². The summed E-state index contributed by atoms with van der Waals surface area (Å²) in [6, 6.07) is 10.9. The first-order valence-corrected chi connectivity index (χ1v) is 6.59. The van der Waals surface area contributed by atoms with Gasteiger partial charge < -0.3 is 0 Å². The fourth-order valence-electron chi connectivity index (χ4n) is 1.65. The summed E-state index contributed by atoms with van der Waals surface area (Å²) in [5.41, 5.74) is 2.62. The maximum absolute atomic E-state index is 6.17. The molecule has 0 spiro atoms. The molecule has 0 heterocycles. The minimum Gasteiger partial charge on any atom is -0.121 e. The molecule has 88 valence electrons. The molecule has 0 unspecified atom stereocenters. The smallest absolute Gasteiger partial charge is 0.0495 e. The molecule has 4 heteroatoms. The molecule has 0 saturated heterocycles. The zero-order valence-electron chi connectivity index (χ0n) is 8.68. The molecule has 0 fully saturated rings. The quantitative estimate of drug-likeness (QED) is 0.592. The molecule has 2 aromatic carbocycles. The zero-order valence-corrected chi connectivity index (χ0v) is 11.7. The van der Waals surface area contributed by atoms with Crippen LogP contribution in [0.3, 0.4) is 0 Å². The number of halogens is 4. The lowest BCUT2D eigenvalue weighted by Crippen LogP contribution is -1.89. The Labute approximate surface area is 120 Å². The molecule has 0 saturated carbocycles. The normalized spacial score (nSPS) is 10.6. The molecule has 0 aliphatic carbocycles. The topological polar surface area (TPSA) is 0 Å². The van der Waals surface area contributed by atoms with Gasteiger partial charge in [-0.3, -0.25) is 0 Å². The lowest BCUT2D eigenvalue weighted by atomic mass is 10.0. The van der Waals surface area contributed by atoms with E-state index in [9.17, 15) is 0 Å². The molecule has 0 bridgehead atoms. The number of hydrogen-bond donors (Lipinski definition) is 0. The van der Waals surface area contributed by atoms with Crippen molar-refractivity contribution in [1.82, 2.24) is 0 Å². The Balaban J connectivity index is 2.68. The monoisotopic (exact) mass is 304 g/mol. The summed E-state index contributed by atoms with van der Waals surface area (Å²) in [4.78, 5) is 0. The molecule has 0 radical (unpaired) electrons. The van der Waals surface area contributed by atoms with Gasteiger partial charge >= 0.3 is 0 Å². The van der Waals surface area contributed by atoms with Gasteiger partial charge in [-0.1, -0.05) is 46.9 Å². The summed E-state index contributed by atoms with van der Waals surface area (Å²) < 4.78 is 0. The van der Waals surface area contributed by atoms with E-state index < -0.39 is 0 Å². The summed E-state index contributed by atoms with van der Waals surface area (Å²) in [6.45, 7) is 0. The Morgan fingerprint density at radius 1 is 0.824 bits per heavy atom. The maximum atomic E-state index is 6.17. The van der Waals surface area contributed by atoms with E-state index in [1.807, 2.05) is 18.2 Å². The van der Waals surface area contributed by atoms with Gasteiger partial charge in [0.2, 0.25) is 0 Å². The van der Waals surface area contributed by atoms with Crippen molar-refractivity contribution >= 4 is 46.4 Å². The van der Waals surface area contributed by atoms with E-state index in [4.69, 9.17) is 46.4 Å². The number of rotatable bonds is 2. The van der Waals surface area contributed by atoms with Crippen molar-refractivity contribution in [3.8, 4) is 11.1 Å². The highest BCUT2D eigenvalue weighted by molar-refractivity contribution is 6.36. The van der Waals surface area contributed by atoms with E-state index in [1.54, 1.807) is 18.2 Å². The first-order chi connectivity index (χ1) is 8.13. The second kappa shape index (κ2) is 5.49. The first-order valence-electron chi connectivity index (χ1n) is 4.92. The number of alkyl halides is 1. The highest BCUT2D eigenvalue weighted by Gasteiger charge is 2.11. The molecular weight excluding hydrogens is 298 g/mol. The number of benzene rings is 2. The van der Waals surface area contributed by atoms with Crippen molar-refractivity contribution < 1.29 is 0 Å². The van der Waals surface area contributed by atoms with E-state index in [1.165, 1.54) is 0 Å². The van der Waals surface area contributed by atoms with Crippen LogP contribution >= 0.6 is 46.4 Å². The summed E-state index contributed by atoms with van der Waals surface area (Å²) in [5.74, 6) is 0.331. The standard InChI is InChI=1S/C13H8Cl4/c14-7-11-9(2-1-3-12(11)16)10-6-8(15)4-5-13(10)17/h1-6H,7H2. The number of hydrogen-bond acceptors (Lipinski definition) is 0. The van der Waals surface area contributed by atoms with E-state index in [-0.39, 0.29) is 0 Å². The highest BCUT2D eigenvalue weighted by atomic mass is 35.5. The van der Waals surface area contributed by atoms with Gasteiger partial charge in [0, 0.05) is 26.5 Å². The Kier molecular flexibility index (Phi) is 4.22. The van der Waals surface area contributed by atoms with Crippen molar-refractivity contribution in [2.24, 2.45) is 0 Å². The molecule has 0 aliphatic heterocycles. The van der Waals surface area contributed by atoms with Gasteiger partial charge in [-0.2, -0.15) is 0 Å². The third-order valence-corrected chi connectivity index (χ3v) is 3.66. The highest BCUT2D eigenvalue weighted by Crippen LogP contribution is 2.36. The van der Waals surface area contributed by atoms with Crippen molar-refractivity contribution in [3.05, 3.63) is 57.0 Å². The summed E-state index contributed by atoms with van der Waals surface area (Å²) in [7, 11) is 0. The van der Waals surface area contributed by atoms with Gasteiger partial charge in [0.1, 0.15) is 0 Å². The molecule has 0 aromatic heterocycles. The van der Waals surface area contributed by atoms with Gasteiger partial charge in [0.05, 0.1) is 0 Å². The minimum atomic E-state index is 0.331. The average Bonchev–Trinajstić information content (AvgIpc) is 2.32. The fraction of sp³-hybridized carbons (Fsp3) is 0.0769. The summed E-state index contributed by atoms with van der Waals surface area (Å²) in [6.07, 6.45) is 0. The van der Waals surface area contributed by atoms with Crippen molar-refractivity contribution in [3.63, 3.8) is 0 Å². The van der Waals surface area contributed by atoms with Crippen molar-refractivity contribution in [1.29, 1.82) is 0 Å². The Bertz CT molecular complexity index is 549. The molecule has 2 aromatic rings. The molecule has 17 heavy (non-hydrogen) atoms. The maximum Gasteiger partial charge on any atom is 0.0495 e. The van der Waals surface area contributed by atoms with Gasteiger partial charge in [-0.05, 0) is 35.4 Å². The Morgan fingerprint density at radius 3 is 2.29 bits per heavy atom. The molecule has 2 rings (SSSR count). The van der Waals surface area contributed by atoms with Crippen LogP contribution in [0.5, 0.6) is 0 Å². The second-order valence-electron chi connectivity index (χ2n) is 3.52. The van der Waals surface area contributed by atoms with Crippen LogP contribution in [-0.4, -0.2) is 0 Å². The van der Waals surface area contributed by atoms with Gasteiger partial charge in [-0.15, -0.1) is 11.6 Å².